The number of carbonyl (C=O) groups excluding carboxylic acids is 1. The third-order valence-corrected chi connectivity index (χ3v) is 3.42. The molecule has 0 aliphatic rings. The van der Waals surface area contributed by atoms with Crippen LogP contribution >= 0.6 is 0 Å². The van der Waals surface area contributed by atoms with Gasteiger partial charge in [0.25, 0.3) is 5.91 Å². The third kappa shape index (κ3) is 2.82. The molecule has 0 unspecified atom stereocenters. The summed E-state index contributed by atoms with van der Waals surface area (Å²) in [5.74, 6) is -0.0662. The van der Waals surface area contributed by atoms with Crippen molar-refractivity contribution in [1.82, 2.24) is 15.1 Å². The summed E-state index contributed by atoms with van der Waals surface area (Å²) in [7, 11) is 3.57. The van der Waals surface area contributed by atoms with E-state index >= 15 is 0 Å². The predicted octanol–water partition coefficient (Wildman–Crippen LogP) is 2.01. The summed E-state index contributed by atoms with van der Waals surface area (Å²) in [5, 5.41) is 10.4. The number of hydrogen-bond donors (Lipinski definition) is 2. The summed E-state index contributed by atoms with van der Waals surface area (Å²) in [5.41, 5.74) is 4.98. The molecule has 0 saturated carbocycles. The van der Waals surface area contributed by atoms with Crippen molar-refractivity contribution < 1.29 is 4.79 Å². The Morgan fingerprint density at radius 2 is 1.90 bits per heavy atom. The summed E-state index contributed by atoms with van der Waals surface area (Å²) in [6.07, 6.45) is 0. The Bertz CT molecular complexity index is 614. The number of aromatic nitrogens is 2. The van der Waals surface area contributed by atoms with Gasteiger partial charge in [-0.25, -0.2) is 0 Å². The smallest absolute Gasteiger partial charge is 0.251 e. The van der Waals surface area contributed by atoms with E-state index in [4.69, 9.17) is 0 Å². The maximum Gasteiger partial charge on any atom is 0.251 e. The van der Waals surface area contributed by atoms with Crippen molar-refractivity contribution in [1.29, 1.82) is 0 Å². The summed E-state index contributed by atoms with van der Waals surface area (Å²) in [4.78, 5) is 11.5. The first-order chi connectivity index (χ1) is 9.52. The van der Waals surface area contributed by atoms with Crippen molar-refractivity contribution in [2.24, 2.45) is 7.05 Å². The number of rotatable bonds is 4. The van der Waals surface area contributed by atoms with Crippen LogP contribution in [-0.2, 0) is 13.6 Å². The van der Waals surface area contributed by atoms with Gasteiger partial charge in [-0.1, -0.05) is 12.1 Å². The molecule has 2 aromatic rings. The SMILES string of the molecule is CNC(=O)c1ccc(CNc2c(C)nn(C)c2C)cc1. The number of benzene rings is 1. The second-order valence-electron chi connectivity index (χ2n) is 4.80. The Morgan fingerprint density at radius 3 is 2.40 bits per heavy atom. The van der Waals surface area contributed by atoms with Gasteiger partial charge >= 0.3 is 0 Å². The second-order valence-corrected chi connectivity index (χ2v) is 4.80. The zero-order valence-corrected chi connectivity index (χ0v) is 12.3. The number of amides is 1. The minimum absolute atomic E-state index is 0.0662. The van der Waals surface area contributed by atoms with E-state index < -0.39 is 0 Å². The summed E-state index contributed by atoms with van der Waals surface area (Å²) in [6, 6.07) is 7.58. The highest BCUT2D eigenvalue weighted by molar-refractivity contribution is 5.93. The van der Waals surface area contributed by atoms with Crippen molar-refractivity contribution >= 4 is 11.6 Å². The fourth-order valence-electron chi connectivity index (χ4n) is 2.14. The Hall–Kier alpha value is -2.30. The van der Waals surface area contributed by atoms with Gasteiger partial charge in [-0.05, 0) is 31.5 Å². The molecule has 1 aromatic heterocycles. The van der Waals surface area contributed by atoms with Crippen molar-refractivity contribution in [3.8, 4) is 0 Å². The molecule has 1 amide bonds. The van der Waals surface area contributed by atoms with E-state index in [0.717, 1.165) is 22.6 Å². The molecule has 20 heavy (non-hydrogen) atoms. The Balaban J connectivity index is 2.06. The molecule has 5 nitrogen and oxygen atoms in total. The number of nitrogens with zero attached hydrogens (tertiary/aromatic N) is 2. The van der Waals surface area contributed by atoms with Gasteiger partial charge in [-0.3, -0.25) is 9.48 Å². The lowest BCUT2D eigenvalue weighted by atomic mass is 10.1. The Labute approximate surface area is 119 Å². The van der Waals surface area contributed by atoms with E-state index in [-0.39, 0.29) is 5.91 Å². The highest BCUT2D eigenvalue weighted by Crippen LogP contribution is 2.19. The lowest BCUT2D eigenvalue weighted by Gasteiger charge is -2.08. The number of aryl methyl sites for hydroxylation is 2. The largest absolute Gasteiger partial charge is 0.378 e. The standard InChI is InChI=1S/C15H20N4O/c1-10-14(11(2)19(4)18-10)17-9-12-5-7-13(8-6-12)15(20)16-3/h5-8,17H,9H2,1-4H3,(H,16,20). The van der Waals surface area contributed by atoms with Crippen LogP contribution in [0.15, 0.2) is 24.3 Å². The van der Waals surface area contributed by atoms with Gasteiger partial charge in [0.15, 0.2) is 0 Å². The zero-order chi connectivity index (χ0) is 14.7. The first kappa shape index (κ1) is 14.1. The number of nitrogens with one attached hydrogen (secondary N) is 2. The first-order valence-corrected chi connectivity index (χ1v) is 6.58. The molecule has 0 spiro atoms. The highest BCUT2D eigenvalue weighted by Gasteiger charge is 2.08. The summed E-state index contributed by atoms with van der Waals surface area (Å²) in [6.45, 7) is 4.74. The maximum atomic E-state index is 11.5. The van der Waals surface area contributed by atoms with Gasteiger partial charge in [0.2, 0.25) is 0 Å². The number of carbonyl (C=O) groups is 1. The van der Waals surface area contributed by atoms with Gasteiger partial charge in [-0.15, -0.1) is 0 Å². The lowest BCUT2D eigenvalue weighted by Crippen LogP contribution is -2.17. The average molecular weight is 272 g/mol. The lowest BCUT2D eigenvalue weighted by molar-refractivity contribution is 0.0963. The van der Waals surface area contributed by atoms with E-state index in [1.54, 1.807) is 7.05 Å². The summed E-state index contributed by atoms with van der Waals surface area (Å²) >= 11 is 0. The molecule has 0 saturated heterocycles. The monoisotopic (exact) mass is 272 g/mol. The van der Waals surface area contributed by atoms with E-state index in [1.165, 1.54) is 0 Å². The van der Waals surface area contributed by atoms with Gasteiger partial charge in [0.1, 0.15) is 0 Å². The van der Waals surface area contributed by atoms with Crippen LogP contribution in [0.5, 0.6) is 0 Å². The average Bonchev–Trinajstić information content (AvgIpc) is 2.70. The molecule has 1 aromatic carbocycles. The van der Waals surface area contributed by atoms with Crippen molar-refractivity contribution in [3.05, 3.63) is 46.8 Å². The molecular formula is C15H20N4O. The van der Waals surface area contributed by atoms with Crippen LogP contribution in [0.1, 0.15) is 27.3 Å². The fourth-order valence-corrected chi connectivity index (χ4v) is 2.14. The van der Waals surface area contributed by atoms with E-state index in [2.05, 4.69) is 15.7 Å². The maximum absolute atomic E-state index is 11.5. The van der Waals surface area contributed by atoms with Gasteiger partial charge < -0.3 is 10.6 Å². The van der Waals surface area contributed by atoms with E-state index in [9.17, 15) is 4.79 Å². The van der Waals surface area contributed by atoms with Gasteiger partial charge in [0, 0.05) is 26.2 Å². The van der Waals surface area contributed by atoms with Crippen molar-refractivity contribution in [2.45, 2.75) is 20.4 Å². The van der Waals surface area contributed by atoms with Crippen LogP contribution in [0, 0.1) is 13.8 Å². The molecule has 0 fully saturated rings. The van der Waals surface area contributed by atoms with E-state index in [0.29, 0.717) is 12.1 Å². The zero-order valence-electron chi connectivity index (χ0n) is 12.3. The molecule has 2 N–H and O–H groups in total. The normalized spacial score (nSPS) is 10.4. The molecule has 0 aliphatic carbocycles. The van der Waals surface area contributed by atoms with Crippen LogP contribution in [-0.4, -0.2) is 22.7 Å². The molecule has 1 heterocycles. The van der Waals surface area contributed by atoms with Crippen molar-refractivity contribution in [3.63, 3.8) is 0 Å². The quantitative estimate of drug-likeness (QED) is 0.895. The van der Waals surface area contributed by atoms with Crippen LogP contribution in [0.25, 0.3) is 0 Å². The highest BCUT2D eigenvalue weighted by atomic mass is 16.1. The first-order valence-electron chi connectivity index (χ1n) is 6.58. The third-order valence-electron chi connectivity index (χ3n) is 3.42. The second kappa shape index (κ2) is 5.77. The Kier molecular flexibility index (Phi) is 4.08. The summed E-state index contributed by atoms with van der Waals surface area (Å²) < 4.78 is 1.87. The molecule has 0 bridgehead atoms. The van der Waals surface area contributed by atoms with Crippen LogP contribution in [0.4, 0.5) is 5.69 Å². The molecule has 0 radical (unpaired) electrons. The van der Waals surface area contributed by atoms with Crippen LogP contribution in [0.3, 0.4) is 0 Å². The van der Waals surface area contributed by atoms with Crippen LogP contribution < -0.4 is 10.6 Å². The predicted molar refractivity (Wildman–Crippen MR) is 79.8 cm³/mol. The number of anilines is 1. The fraction of sp³-hybridized carbons (Fsp3) is 0.333. The molecule has 0 atom stereocenters. The van der Waals surface area contributed by atoms with Crippen molar-refractivity contribution in [2.75, 3.05) is 12.4 Å². The topological polar surface area (TPSA) is 59.0 Å². The minimum atomic E-state index is -0.0662. The van der Waals surface area contributed by atoms with Crippen LogP contribution in [0.2, 0.25) is 0 Å². The van der Waals surface area contributed by atoms with Gasteiger partial charge in [0.05, 0.1) is 17.1 Å². The molecule has 2 rings (SSSR count). The number of hydrogen-bond acceptors (Lipinski definition) is 3. The molecule has 5 heteroatoms. The Morgan fingerprint density at radius 1 is 1.25 bits per heavy atom. The molecule has 0 aliphatic heterocycles. The molecular weight excluding hydrogens is 252 g/mol. The minimum Gasteiger partial charge on any atom is -0.378 e. The van der Waals surface area contributed by atoms with E-state index in [1.807, 2.05) is 49.8 Å². The molecule has 106 valence electrons. The van der Waals surface area contributed by atoms with Gasteiger partial charge in [-0.2, -0.15) is 5.10 Å².